The lowest BCUT2D eigenvalue weighted by Crippen LogP contribution is -2.34. The Balaban J connectivity index is 1.22. The number of rotatable bonds is 2. The Hall–Kier alpha value is -2.30. The Morgan fingerprint density at radius 2 is 0.825 bits per heavy atom. The maximum absolute atomic E-state index is 6.15. The number of aromatic amines is 2. The van der Waals surface area contributed by atoms with Gasteiger partial charge in [0, 0.05) is 26.2 Å². The lowest BCUT2D eigenvalue weighted by atomic mass is 10.4. The van der Waals surface area contributed by atoms with Gasteiger partial charge < -0.3 is 38.7 Å². The van der Waals surface area contributed by atoms with Crippen molar-refractivity contribution in [2.75, 3.05) is 88.8 Å². The minimum atomic E-state index is 0.0726. The zero-order valence-corrected chi connectivity index (χ0v) is 24.2. The molecule has 2 N–H and O–H groups in total. The zero-order valence-electron chi connectivity index (χ0n) is 21.2. The molecule has 1 saturated heterocycles. The lowest BCUT2D eigenvalue weighted by molar-refractivity contribution is 0.0435. The van der Waals surface area contributed by atoms with Crippen molar-refractivity contribution in [3.8, 4) is 0 Å². The number of nitrogens with one attached hydrogen (secondary N) is 2. The van der Waals surface area contributed by atoms with Crippen molar-refractivity contribution in [2.45, 2.75) is 0 Å². The molecular formula is C22H26Cl4N10O4. The van der Waals surface area contributed by atoms with Crippen molar-refractivity contribution >= 4 is 80.4 Å². The molecule has 5 rings (SSSR count). The molecule has 40 heavy (non-hydrogen) atoms. The fourth-order valence-corrected chi connectivity index (χ4v) is 4.77. The van der Waals surface area contributed by atoms with Crippen LogP contribution in [0.1, 0.15) is 0 Å². The highest BCUT2D eigenvalue weighted by molar-refractivity contribution is 6.30. The molecule has 216 valence electrons. The number of ether oxygens (including phenoxy) is 4. The Labute approximate surface area is 248 Å². The van der Waals surface area contributed by atoms with Crippen molar-refractivity contribution in [2.24, 2.45) is 0 Å². The van der Waals surface area contributed by atoms with Gasteiger partial charge in [-0.3, -0.25) is 0 Å². The molecule has 14 nitrogen and oxygen atoms in total. The van der Waals surface area contributed by atoms with Gasteiger partial charge in [0.2, 0.25) is 21.1 Å². The molecule has 18 heteroatoms. The van der Waals surface area contributed by atoms with Crippen LogP contribution in [0.5, 0.6) is 0 Å². The van der Waals surface area contributed by atoms with Gasteiger partial charge in [-0.1, -0.05) is 0 Å². The van der Waals surface area contributed by atoms with Crippen LogP contribution in [0.3, 0.4) is 0 Å². The Morgan fingerprint density at radius 3 is 1.18 bits per heavy atom. The molecule has 4 aromatic rings. The molecule has 0 bridgehead atoms. The fourth-order valence-electron chi connectivity index (χ4n) is 4.10. The molecule has 0 aromatic carbocycles. The molecule has 0 aliphatic carbocycles. The van der Waals surface area contributed by atoms with Crippen LogP contribution in [0, 0.1) is 0 Å². The van der Waals surface area contributed by atoms with E-state index in [1.165, 1.54) is 0 Å². The molecule has 0 radical (unpaired) electrons. The van der Waals surface area contributed by atoms with Gasteiger partial charge >= 0.3 is 0 Å². The summed E-state index contributed by atoms with van der Waals surface area (Å²) in [5.41, 5.74) is 1.95. The van der Waals surface area contributed by atoms with Crippen LogP contribution < -0.4 is 9.80 Å². The van der Waals surface area contributed by atoms with Crippen molar-refractivity contribution in [1.82, 2.24) is 39.9 Å². The molecule has 0 atom stereocenters. The van der Waals surface area contributed by atoms with Gasteiger partial charge in [0.15, 0.2) is 22.9 Å². The number of nitrogens with zero attached hydrogens (tertiary/aromatic N) is 8. The third-order valence-corrected chi connectivity index (χ3v) is 6.61. The summed E-state index contributed by atoms with van der Waals surface area (Å²) in [6.45, 7) is 5.37. The van der Waals surface area contributed by atoms with Gasteiger partial charge in [-0.2, -0.15) is 29.9 Å². The molecule has 1 fully saturated rings. The van der Waals surface area contributed by atoms with Gasteiger partial charge in [0.05, 0.1) is 52.9 Å². The van der Waals surface area contributed by atoms with E-state index in [0.717, 1.165) is 0 Å². The van der Waals surface area contributed by atoms with E-state index < -0.39 is 0 Å². The SMILES string of the molecule is Clc1nc(N2CCOCCOCCN(c3nc(Cl)nc4nc(Cl)[nH]c34)CCOCCOCC2)c2[nH]c(Cl)nc2n1. The Bertz CT molecular complexity index is 1300. The highest BCUT2D eigenvalue weighted by atomic mass is 35.5. The van der Waals surface area contributed by atoms with E-state index in [0.29, 0.717) is 113 Å². The van der Waals surface area contributed by atoms with Gasteiger partial charge in [0.25, 0.3) is 0 Å². The number of fused-ring (bicyclic) bond motifs is 2. The summed E-state index contributed by atoms with van der Waals surface area (Å²) in [4.78, 5) is 35.4. The molecule has 1 aliphatic rings. The second kappa shape index (κ2) is 14.0. The van der Waals surface area contributed by atoms with Crippen LogP contribution >= 0.6 is 46.4 Å². The van der Waals surface area contributed by atoms with Crippen LogP contribution in [0.15, 0.2) is 0 Å². The van der Waals surface area contributed by atoms with E-state index in [-0.39, 0.29) is 21.1 Å². The number of halogens is 4. The van der Waals surface area contributed by atoms with Crippen molar-refractivity contribution in [1.29, 1.82) is 0 Å². The molecule has 1 aliphatic heterocycles. The molecule has 5 heterocycles. The maximum atomic E-state index is 6.15. The summed E-state index contributed by atoms with van der Waals surface area (Å²) >= 11 is 24.4. The molecule has 0 saturated carbocycles. The van der Waals surface area contributed by atoms with Crippen LogP contribution in [0.4, 0.5) is 11.6 Å². The normalized spacial score (nSPS) is 17.8. The summed E-state index contributed by atoms with van der Waals surface area (Å²) in [6.07, 6.45) is 0. The second-order valence-electron chi connectivity index (χ2n) is 8.51. The maximum Gasteiger partial charge on any atom is 0.226 e. The minimum absolute atomic E-state index is 0.0726. The number of hydrogen-bond acceptors (Lipinski definition) is 12. The summed E-state index contributed by atoms with van der Waals surface area (Å²) in [5, 5.41) is 0.553. The first-order valence-corrected chi connectivity index (χ1v) is 14.0. The number of aromatic nitrogens is 8. The quantitative estimate of drug-likeness (QED) is 0.246. The Kier molecular flexibility index (Phi) is 10.3. The standard InChI is InChI=1S/C22H26Cl4N10O4/c23-19-27-13-15(29-19)31-21(25)33-17(13)35-1-5-37-9-10-39-7-3-36(4-8-40-12-11-38-6-2-35)18-14-16(30-20(24)28-14)32-22(26)34-18/h1-12H2,(H,27,29,31,33)(H,28,30,32,34). The first-order chi connectivity index (χ1) is 19.5. The lowest BCUT2D eigenvalue weighted by Gasteiger charge is -2.25. The minimum Gasteiger partial charge on any atom is -0.377 e. The highest BCUT2D eigenvalue weighted by Gasteiger charge is 2.19. The van der Waals surface area contributed by atoms with E-state index in [1.807, 2.05) is 9.80 Å². The van der Waals surface area contributed by atoms with Gasteiger partial charge in [-0.05, 0) is 46.4 Å². The summed E-state index contributed by atoms with van der Waals surface area (Å²) in [7, 11) is 0. The number of imidazole rings is 2. The van der Waals surface area contributed by atoms with E-state index in [2.05, 4.69) is 39.9 Å². The molecule has 0 unspecified atom stereocenters. The average molecular weight is 636 g/mol. The summed E-state index contributed by atoms with van der Waals surface area (Å²) in [6, 6.07) is 0. The highest BCUT2D eigenvalue weighted by Crippen LogP contribution is 2.26. The first kappa shape index (κ1) is 29.2. The topological polar surface area (TPSA) is 152 Å². The van der Waals surface area contributed by atoms with Gasteiger partial charge in [-0.15, -0.1) is 0 Å². The van der Waals surface area contributed by atoms with Crippen LogP contribution in [-0.4, -0.2) is 119 Å². The largest absolute Gasteiger partial charge is 0.377 e. The zero-order chi connectivity index (χ0) is 27.9. The fraction of sp³-hybridized carbons (Fsp3) is 0.545. The average Bonchev–Trinajstić information content (AvgIpc) is 3.48. The van der Waals surface area contributed by atoms with Crippen molar-refractivity contribution < 1.29 is 18.9 Å². The van der Waals surface area contributed by atoms with Crippen molar-refractivity contribution in [3.05, 3.63) is 21.1 Å². The molecule has 0 spiro atoms. The van der Waals surface area contributed by atoms with Crippen LogP contribution in [0.2, 0.25) is 21.1 Å². The van der Waals surface area contributed by atoms with Crippen LogP contribution in [0.25, 0.3) is 22.3 Å². The third-order valence-electron chi connectivity index (χ3n) is 5.92. The Morgan fingerprint density at radius 1 is 0.475 bits per heavy atom. The van der Waals surface area contributed by atoms with Gasteiger partial charge in [0.1, 0.15) is 11.0 Å². The molecule has 0 amide bonds. The van der Waals surface area contributed by atoms with E-state index >= 15 is 0 Å². The second-order valence-corrected chi connectivity index (χ2v) is 9.90. The summed E-state index contributed by atoms with van der Waals surface area (Å²) in [5.74, 6) is 1.14. The first-order valence-electron chi connectivity index (χ1n) is 12.5. The van der Waals surface area contributed by atoms with Gasteiger partial charge in [-0.25, -0.2) is 0 Å². The number of H-pyrrole nitrogens is 2. The molecule has 4 aromatic heterocycles. The van der Waals surface area contributed by atoms with Crippen molar-refractivity contribution in [3.63, 3.8) is 0 Å². The van der Waals surface area contributed by atoms with E-state index in [9.17, 15) is 0 Å². The predicted molar refractivity (Wildman–Crippen MR) is 151 cm³/mol. The van der Waals surface area contributed by atoms with E-state index in [4.69, 9.17) is 65.4 Å². The number of anilines is 2. The predicted octanol–water partition coefficient (Wildman–Crippen LogP) is 3.03. The smallest absolute Gasteiger partial charge is 0.226 e. The monoisotopic (exact) mass is 634 g/mol. The molecular weight excluding hydrogens is 610 g/mol. The van der Waals surface area contributed by atoms with Crippen LogP contribution in [-0.2, 0) is 18.9 Å². The number of hydrogen-bond donors (Lipinski definition) is 2. The van der Waals surface area contributed by atoms with E-state index in [1.54, 1.807) is 0 Å². The summed E-state index contributed by atoms with van der Waals surface area (Å²) < 4.78 is 23.3. The third kappa shape index (κ3) is 7.50.